The minimum Gasteiger partial charge on any atom is -0.481 e. The Hall–Kier alpha value is -3.21. The summed E-state index contributed by atoms with van der Waals surface area (Å²) in [5.41, 5.74) is 3.70. The number of rotatable bonds is 8. The Kier molecular flexibility index (Phi) is 9.47. The second-order valence-electron chi connectivity index (χ2n) is 8.62. The molecule has 1 heterocycles. The number of thiocarbonyl (C=S) groups is 2. The number of aliphatic hydroxyl groups is 2. The molecule has 1 aromatic carbocycles. The number of aromatic nitrogens is 1. The van der Waals surface area contributed by atoms with Gasteiger partial charge in [0.05, 0.1) is 24.1 Å². The third kappa shape index (κ3) is 6.57. The molecular weight excluding hydrogens is 511 g/mol. The topological polar surface area (TPSA) is 126 Å². The highest BCUT2D eigenvalue weighted by Gasteiger charge is 2.21. The van der Waals surface area contributed by atoms with Crippen LogP contribution in [-0.2, 0) is 4.79 Å². The molecule has 4 rings (SSSR count). The van der Waals surface area contributed by atoms with E-state index in [2.05, 4.69) is 4.98 Å². The lowest BCUT2D eigenvalue weighted by Gasteiger charge is -2.18. The number of hydrogen-bond acceptors (Lipinski definition) is 7. The smallest absolute Gasteiger partial charge is 0.305 e. The summed E-state index contributed by atoms with van der Waals surface area (Å²) in [6.07, 6.45) is 14.3. The first kappa shape index (κ1) is 28.4. The van der Waals surface area contributed by atoms with Crippen molar-refractivity contribution in [2.75, 3.05) is 0 Å². The van der Waals surface area contributed by atoms with E-state index in [0.717, 1.165) is 5.57 Å². The number of aliphatic carboxylic acids is 1. The number of allylic oxidation sites excluding steroid dienone is 8. The first-order valence-electron chi connectivity index (χ1n) is 11.4. The maximum atomic E-state index is 15.5. The first-order chi connectivity index (χ1) is 17.2. The van der Waals surface area contributed by atoms with E-state index < -0.39 is 30.4 Å². The largest absolute Gasteiger partial charge is 0.481 e. The number of halogens is 1. The van der Waals surface area contributed by atoms with Crippen molar-refractivity contribution >= 4 is 68.3 Å². The fourth-order valence-corrected chi connectivity index (χ4v) is 4.81. The van der Waals surface area contributed by atoms with Crippen LogP contribution < -0.4 is 6.15 Å². The number of carboxylic acid groups (broad SMARTS) is 1. The molecule has 192 valence electrons. The van der Waals surface area contributed by atoms with Gasteiger partial charge in [-0.3, -0.25) is 9.78 Å². The maximum Gasteiger partial charge on any atom is 0.305 e. The van der Waals surface area contributed by atoms with Crippen LogP contribution in [0.5, 0.6) is 0 Å². The zero-order valence-corrected chi connectivity index (χ0v) is 21.6. The van der Waals surface area contributed by atoms with Gasteiger partial charge in [0.2, 0.25) is 0 Å². The minimum absolute atomic E-state index is 0. The molecule has 0 spiro atoms. The number of aliphatic hydroxyl groups excluding tert-OH is 2. The van der Waals surface area contributed by atoms with E-state index in [1.807, 2.05) is 30.4 Å². The predicted molar refractivity (Wildman–Crippen MR) is 153 cm³/mol. The number of pyridine rings is 1. The first-order valence-corrected chi connectivity index (χ1v) is 12.3. The van der Waals surface area contributed by atoms with Crippen LogP contribution in [0.4, 0.5) is 4.39 Å². The Morgan fingerprint density at radius 1 is 1.08 bits per heavy atom. The second-order valence-corrected chi connectivity index (χ2v) is 9.61. The highest BCUT2D eigenvalue weighted by atomic mass is 32.1. The van der Waals surface area contributed by atoms with Crippen molar-refractivity contribution in [1.82, 2.24) is 11.1 Å². The summed E-state index contributed by atoms with van der Waals surface area (Å²) >= 11 is 11.1. The number of hydrogen-bond donors (Lipinski definition) is 4. The summed E-state index contributed by atoms with van der Waals surface area (Å²) in [4.78, 5) is 16.7. The summed E-state index contributed by atoms with van der Waals surface area (Å²) in [7, 11) is 0. The summed E-state index contributed by atoms with van der Waals surface area (Å²) in [5.74, 6) is -1.57. The fourth-order valence-electron chi connectivity index (χ4n) is 4.27. The van der Waals surface area contributed by atoms with Gasteiger partial charge in [0.15, 0.2) is 0 Å². The maximum absolute atomic E-state index is 15.5. The fraction of sp³-hybridized carbons (Fsp3) is 0.214. The van der Waals surface area contributed by atoms with Crippen LogP contribution in [-0.4, -0.2) is 48.2 Å². The molecule has 0 bridgehead atoms. The van der Waals surface area contributed by atoms with Gasteiger partial charge in [-0.25, -0.2) is 4.39 Å². The molecular formula is C28H27FN2O4S2. The molecule has 0 amide bonds. The van der Waals surface area contributed by atoms with Crippen LogP contribution in [0, 0.1) is 5.82 Å². The Labute approximate surface area is 224 Å². The Morgan fingerprint density at radius 3 is 2.35 bits per heavy atom. The minimum atomic E-state index is -1.18. The van der Waals surface area contributed by atoms with Gasteiger partial charge in [-0.1, -0.05) is 73.0 Å². The van der Waals surface area contributed by atoms with Gasteiger partial charge in [0, 0.05) is 57.3 Å². The van der Waals surface area contributed by atoms with E-state index in [1.165, 1.54) is 12.1 Å². The molecule has 6 nitrogen and oxygen atoms in total. The van der Waals surface area contributed by atoms with Crippen LogP contribution in [0.25, 0.3) is 28.1 Å². The lowest BCUT2D eigenvalue weighted by Crippen LogP contribution is -2.19. The third-order valence-electron chi connectivity index (χ3n) is 5.97. The normalized spacial score (nSPS) is 16.9. The molecule has 0 fully saturated rings. The van der Waals surface area contributed by atoms with E-state index in [-0.39, 0.29) is 12.6 Å². The molecule has 2 aliphatic rings. The second kappa shape index (κ2) is 12.4. The summed E-state index contributed by atoms with van der Waals surface area (Å²) in [6.45, 7) is 0. The Morgan fingerprint density at radius 2 is 1.73 bits per heavy atom. The molecule has 0 saturated carbocycles. The third-order valence-corrected chi connectivity index (χ3v) is 6.75. The number of fused-ring (bicyclic) bond motifs is 1. The Balaban J connectivity index is 0.00000380. The van der Waals surface area contributed by atoms with Crippen LogP contribution in [0.15, 0.2) is 60.9 Å². The van der Waals surface area contributed by atoms with Crippen LogP contribution in [0.1, 0.15) is 42.4 Å². The van der Waals surface area contributed by atoms with E-state index in [4.69, 9.17) is 29.5 Å². The van der Waals surface area contributed by atoms with Crippen molar-refractivity contribution in [3.05, 3.63) is 83.4 Å². The van der Waals surface area contributed by atoms with Gasteiger partial charge in [0.1, 0.15) is 5.82 Å². The molecule has 0 radical (unpaired) electrons. The van der Waals surface area contributed by atoms with Crippen molar-refractivity contribution < 1.29 is 24.5 Å². The number of benzene rings is 1. The molecule has 6 N–H and O–H groups in total. The molecule has 0 unspecified atom stereocenters. The highest BCUT2D eigenvalue weighted by Crippen LogP contribution is 2.35. The van der Waals surface area contributed by atoms with E-state index in [0.29, 0.717) is 55.7 Å². The van der Waals surface area contributed by atoms with Crippen molar-refractivity contribution in [1.29, 1.82) is 0 Å². The quantitative estimate of drug-likeness (QED) is 0.322. The van der Waals surface area contributed by atoms with Crippen LogP contribution >= 0.6 is 24.4 Å². The molecule has 1 aromatic heterocycles. The van der Waals surface area contributed by atoms with Crippen molar-refractivity contribution in [3.63, 3.8) is 0 Å². The van der Waals surface area contributed by atoms with Gasteiger partial charge in [-0.2, -0.15) is 0 Å². The summed E-state index contributed by atoms with van der Waals surface area (Å²) < 4.78 is 15.5. The zero-order valence-electron chi connectivity index (χ0n) is 19.9. The number of nitrogens with zero attached hydrogens (tertiary/aromatic N) is 1. The average molecular weight is 539 g/mol. The van der Waals surface area contributed by atoms with Crippen LogP contribution in [0.2, 0.25) is 0 Å². The van der Waals surface area contributed by atoms with E-state index in [9.17, 15) is 15.0 Å². The number of carbonyl (C=O) groups is 1. The van der Waals surface area contributed by atoms with Gasteiger partial charge < -0.3 is 21.5 Å². The number of carboxylic acids is 1. The predicted octanol–water partition coefficient (Wildman–Crippen LogP) is 5.56. The average Bonchev–Trinajstić information content (AvgIpc) is 2.82. The SMILES string of the molecule is N.O=C(O)C[C@H](O)C[C@H](O)/C=C/c1cnc2cc(C3=CC=CCC3=S)c(F)cc2c1C1=CC=CCC1=S. The monoisotopic (exact) mass is 538 g/mol. The van der Waals surface area contributed by atoms with Gasteiger partial charge >= 0.3 is 5.97 Å². The van der Waals surface area contributed by atoms with Gasteiger partial charge in [-0.05, 0) is 23.3 Å². The van der Waals surface area contributed by atoms with Crippen molar-refractivity contribution in [2.45, 2.75) is 37.9 Å². The standard InChI is InChI=1S/C28H24FNO4S2.H3N/c29-23-13-22-24(14-21(23)19-5-1-3-7-25(19)35)30-15-16(28(22)20-6-2-4-8-26(20)36)9-10-17(31)11-18(32)12-27(33)34;/h1-6,9-10,13-15,17-18,31-32H,7-8,11-12H2,(H,33,34);1H3/b10-9+;/t17-,18-;/m1./s1. The van der Waals surface area contributed by atoms with Crippen LogP contribution in [0.3, 0.4) is 0 Å². The lowest BCUT2D eigenvalue weighted by atomic mass is 9.89. The highest BCUT2D eigenvalue weighted by molar-refractivity contribution is 7.81. The molecule has 2 atom stereocenters. The van der Waals surface area contributed by atoms with Gasteiger partial charge in [0.25, 0.3) is 0 Å². The molecule has 2 aromatic rings. The molecule has 9 heteroatoms. The van der Waals surface area contributed by atoms with Crippen molar-refractivity contribution in [2.24, 2.45) is 0 Å². The van der Waals surface area contributed by atoms with Crippen molar-refractivity contribution in [3.8, 4) is 0 Å². The molecule has 2 aliphatic carbocycles. The molecule has 0 saturated heterocycles. The lowest BCUT2D eigenvalue weighted by molar-refractivity contribution is -0.139. The Bertz CT molecular complexity index is 1410. The summed E-state index contributed by atoms with van der Waals surface area (Å²) in [6, 6.07) is 3.14. The van der Waals surface area contributed by atoms with Gasteiger partial charge in [-0.15, -0.1) is 0 Å². The molecule has 37 heavy (non-hydrogen) atoms. The van der Waals surface area contributed by atoms with E-state index >= 15 is 4.39 Å². The molecule has 0 aliphatic heterocycles. The zero-order chi connectivity index (χ0) is 25.8. The summed E-state index contributed by atoms with van der Waals surface area (Å²) in [5, 5.41) is 29.5. The van der Waals surface area contributed by atoms with E-state index in [1.54, 1.807) is 24.4 Å².